The fourth-order valence-corrected chi connectivity index (χ4v) is 3.21. The predicted octanol–water partition coefficient (Wildman–Crippen LogP) is 5.30. The Bertz CT molecular complexity index is 729. The molecule has 2 rings (SSSR count). The van der Waals surface area contributed by atoms with Gasteiger partial charge in [-0.25, -0.2) is 0 Å². The predicted molar refractivity (Wildman–Crippen MR) is 96.2 cm³/mol. The van der Waals surface area contributed by atoms with Crippen LogP contribution in [0.15, 0.2) is 28.7 Å². The van der Waals surface area contributed by atoms with E-state index in [0.717, 1.165) is 23.2 Å². The summed E-state index contributed by atoms with van der Waals surface area (Å²) in [7, 11) is 0. The Balaban J connectivity index is 2.00. The minimum atomic E-state index is 0.327. The van der Waals surface area contributed by atoms with E-state index < -0.39 is 0 Å². The summed E-state index contributed by atoms with van der Waals surface area (Å²) in [5, 5.41) is 0.480. The van der Waals surface area contributed by atoms with Crippen molar-refractivity contribution in [2.45, 2.75) is 20.8 Å². The van der Waals surface area contributed by atoms with Gasteiger partial charge in [0.2, 0.25) is 0 Å². The van der Waals surface area contributed by atoms with Gasteiger partial charge in [-0.2, -0.15) is 0 Å². The minimum absolute atomic E-state index is 0.327. The molecule has 0 spiro atoms. The fraction of sp³-hybridized carbons (Fsp3) is 0.278. The third-order valence-electron chi connectivity index (χ3n) is 3.52. The molecular formula is C18H18BrClO3. The first kappa shape index (κ1) is 17.8. The van der Waals surface area contributed by atoms with Crippen molar-refractivity contribution in [3.63, 3.8) is 0 Å². The monoisotopic (exact) mass is 396 g/mol. The molecule has 23 heavy (non-hydrogen) atoms. The molecular weight excluding hydrogens is 380 g/mol. The second-order valence-electron chi connectivity index (χ2n) is 5.33. The molecule has 0 bridgehead atoms. The number of halogens is 2. The molecule has 0 unspecified atom stereocenters. The Hall–Kier alpha value is -1.52. The normalized spacial score (nSPS) is 10.5. The molecule has 0 aromatic heterocycles. The molecule has 2 aromatic rings. The van der Waals surface area contributed by atoms with Crippen molar-refractivity contribution >= 4 is 33.8 Å². The zero-order chi connectivity index (χ0) is 17.0. The van der Waals surface area contributed by atoms with E-state index in [0.29, 0.717) is 34.0 Å². The largest absolute Gasteiger partial charge is 0.490 e. The Morgan fingerprint density at radius 2 is 1.78 bits per heavy atom. The summed E-state index contributed by atoms with van der Waals surface area (Å²) in [6.45, 7) is 6.85. The van der Waals surface area contributed by atoms with Gasteiger partial charge in [0.15, 0.2) is 6.29 Å². The molecule has 0 N–H and O–H groups in total. The first-order valence-electron chi connectivity index (χ1n) is 7.20. The minimum Gasteiger partial charge on any atom is -0.490 e. The summed E-state index contributed by atoms with van der Waals surface area (Å²) < 4.78 is 12.1. The summed E-state index contributed by atoms with van der Waals surface area (Å²) in [6, 6.07) is 7.40. The van der Waals surface area contributed by atoms with Gasteiger partial charge in [-0.3, -0.25) is 4.79 Å². The first-order chi connectivity index (χ1) is 10.9. The Morgan fingerprint density at radius 1 is 1.09 bits per heavy atom. The number of carbonyl (C=O) groups excluding carboxylic acids is 1. The van der Waals surface area contributed by atoms with Crippen molar-refractivity contribution in [3.8, 4) is 11.5 Å². The molecule has 0 radical (unpaired) electrons. The van der Waals surface area contributed by atoms with Gasteiger partial charge >= 0.3 is 0 Å². The third kappa shape index (κ3) is 4.49. The summed E-state index contributed by atoms with van der Waals surface area (Å²) in [5.41, 5.74) is 3.89. The van der Waals surface area contributed by atoms with Gasteiger partial charge < -0.3 is 9.47 Å². The summed E-state index contributed by atoms with van der Waals surface area (Å²) in [4.78, 5) is 11.1. The Labute approximate surface area is 149 Å². The molecule has 0 aliphatic rings. The summed E-state index contributed by atoms with van der Waals surface area (Å²) >= 11 is 9.28. The molecule has 0 fully saturated rings. The van der Waals surface area contributed by atoms with Crippen LogP contribution in [0.2, 0.25) is 5.02 Å². The van der Waals surface area contributed by atoms with Gasteiger partial charge in [0, 0.05) is 5.02 Å². The molecule has 3 nitrogen and oxygen atoms in total. The second-order valence-corrected chi connectivity index (χ2v) is 6.62. The Morgan fingerprint density at radius 3 is 2.48 bits per heavy atom. The molecule has 0 amide bonds. The highest BCUT2D eigenvalue weighted by atomic mass is 79.9. The van der Waals surface area contributed by atoms with Gasteiger partial charge in [-0.05, 0) is 71.6 Å². The number of aryl methyl sites for hydroxylation is 2. The van der Waals surface area contributed by atoms with Crippen LogP contribution < -0.4 is 9.47 Å². The highest BCUT2D eigenvalue weighted by Crippen LogP contribution is 2.32. The standard InChI is InChI=1S/C18H18BrClO3/c1-11-6-12(2)13(3)17(7-11)22-4-5-23-18-14(10-21)8-15(20)9-16(18)19/h6-10H,4-5H2,1-3H3. The maximum atomic E-state index is 11.1. The number of ether oxygens (including phenoxy) is 2. The van der Waals surface area contributed by atoms with E-state index in [1.807, 2.05) is 19.9 Å². The van der Waals surface area contributed by atoms with Gasteiger partial charge in [-0.15, -0.1) is 0 Å². The lowest BCUT2D eigenvalue weighted by Crippen LogP contribution is -2.11. The maximum Gasteiger partial charge on any atom is 0.153 e. The number of carbonyl (C=O) groups is 1. The third-order valence-corrected chi connectivity index (χ3v) is 4.32. The van der Waals surface area contributed by atoms with Crippen LogP contribution in [-0.4, -0.2) is 19.5 Å². The zero-order valence-electron chi connectivity index (χ0n) is 13.3. The molecule has 0 saturated carbocycles. The quantitative estimate of drug-likeness (QED) is 0.490. The lowest BCUT2D eigenvalue weighted by Gasteiger charge is -2.14. The van der Waals surface area contributed by atoms with Crippen LogP contribution >= 0.6 is 27.5 Å². The Kier molecular flexibility index (Phi) is 6.08. The average molecular weight is 398 g/mol. The van der Waals surface area contributed by atoms with Crippen molar-refractivity contribution in [2.24, 2.45) is 0 Å². The number of aldehydes is 1. The van der Waals surface area contributed by atoms with Gasteiger partial charge in [-0.1, -0.05) is 17.7 Å². The van der Waals surface area contributed by atoms with Gasteiger partial charge in [0.05, 0.1) is 10.0 Å². The number of hydrogen-bond donors (Lipinski definition) is 0. The average Bonchev–Trinajstić information content (AvgIpc) is 2.49. The number of rotatable bonds is 6. The maximum absolute atomic E-state index is 11.1. The molecule has 0 saturated heterocycles. The van der Waals surface area contributed by atoms with Crippen molar-refractivity contribution < 1.29 is 14.3 Å². The van der Waals surface area contributed by atoms with E-state index in [4.69, 9.17) is 21.1 Å². The molecule has 0 aliphatic heterocycles. The van der Waals surface area contributed by atoms with E-state index in [1.165, 1.54) is 5.56 Å². The highest BCUT2D eigenvalue weighted by Gasteiger charge is 2.10. The summed E-state index contributed by atoms with van der Waals surface area (Å²) in [6.07, 6.45) is 0.723. The smallest absolute Gasteiger partial charge is 0.153 e. The van der Waals surface area contributed by atoms with Crippen molar-refractivity contribution in [3.05, 3.63) is 56.0 Å². The number of benzene rings is 2. The van der Waals surface area contributed by atoms with Gasteiger partial charge in [0.25, 0.3) is 0 Å². The van der Waals surface area contributed by atoms with Crippen molar-refractivity contribution in [1.82, 2.24) is 0 Å². The van der Waals surface area contributed by atoms with Crippen LogP contribution in [0.4, 0.5) is 0 Å². The van der Waals surface area contributed by atoms with Crippen LogP contribution in [0.25, 0.3) is 0 Å². The summed E-state index contributed by atoms with van der Waals surface area (Å²) in [5.74, 6) is 1.34. The van der Waals surface area contributed by atoms with Crippen LogP contribution in [0.3, 0.4) is 0 Å². The van der Waals surface area contributed by atoms with E-state index >= 15 is 0 Å². The zero-order valence-corrected chi connectivity index (χ0v) is 15.6. The van der Waals surface area contributed by atoms with Crippen LogP contribution in [-0.2, 0) is 0 Å². The lowest BCUT2D eigenvalue weighted by molar-refractivity contribution is 0.111. The van der Waals surface area contributed by atoms with E-state index in [-0.39, 0.29) is 0 Å². The van der Waals surface area contributed by atoms with Crippen LogP contribution in [0, 0.1) is 20.8 Å². The first-order valence-corrected chi connectivity index (χ1v) is 8.37. The highest BCUT2D eigenvalue weighted by molar-refractivity contribution is 9.10. The molecule has 5 heteroatoms. The van der Waals surface area contributed by atoms with Crippen LogP contribution in [0.5, 0.6) is 11.5 Å². The van der Waals surface area contributed by atoms with E-state index in [9.17, 15) is 4.79 Å². The van der Waals surface area contributed by atoms with Crippen molar-refractivity contribution in [1.29, 1.82) is 0 Å². The van der Waals surface area contributed by atoms with E-state index in [1.54, 1.807) is 12.1 Å². The molecule has 0 aliphatic carbocycles. The molecule has 122 valence electrons. The van der Waals surface area contributed by atoms with Gasteiger partial charge in [0.1, 0.15) is 24.7 Å². The SMILES string of the molecule is Cc1cc(C)c(C)c(OCCOc2c(Br)cc(Cl)cc2C=O)c1. The molecule has 0 atom stereocenters. The molecule has 2 aromatic carbocycles. The van der Waals surface area contributed by atoms with Crippen LogP contribution in [0.1, 0.15) is 27.0 Å². The fourth-order valence-electron chi connectivity index (χ4n) is 2.27. The lowest BCUT2D eigenvalue weighted by atomic mass is 10.1. The topological polar surface area (TPSA) is 35.5 Å². The van der Waals surface area contributed by atoms with Crippen molar-refractivity contribution in [2.75, 3.05) is 13.2 Å². The molecule has 0 heterocycles. The number of hydrogen-bond acceptors (Lipinski definition) is 3. The second kappa shape index (κ2) is 7.84. The van der Waals surface area contributed by atoms with E-state index in [2.05, 4.69) is 28.9 Å².